The van der Waals surface area contributed by atoms with E-state index < -0.39 is 0 Å². The number of aromatic nitrogens is 2. The van der Waals surface area contributed by atoms with Crippen molar-refractivity contribution < 1.29 is 4.74 Å². The first-order valence-electron chi connectivity index (χ1n) is 12.6. The molecule has 0 fully saturated rings. The monoisotopic (exact) mass is 480 g/mol. The molecule has 2 atom stereocenters. The van der Waals surface area contributed by atoms with Crippen molar-refractivity contribution in [3.63, 3.8) is 0 Å². The van der Waals surface area contributed by atoms with Crippen molar-refractivity contribution >= 4 is 42.4 Å². The highest BCUT2D eigenvalue weighted by Crippen LogP contribution is 2.50. The Morgan fingerprint density at radius 3 is 2.57 bits per heavy atom. The summed E-state index contributed by atoms with van der Waals surface area (Å²) in [6.07, 6.45) is 2.99. The molecule has 0 saturated heterocycles. The summed E-state index contributed by atoms with van der Waals surface area (Å²) < 4.78 is 7.92. The van der Waals surface area contributed by atoms with E-state index in [4.69, 9.17) is 14.7 Å². The lowest BCUT2D eigenvalue weighted by molar-refractivity contribution is 0.184. The van der Waals surface area contributed by atoms with Gasteiger partial charge in [-0.05, 0) is 52.3 Å². The van der Waals surface area contributed by atoms with E-state index in [1.807, 2.05) is 0 Å². The van der Waals surface area contributed by atoms with Gasteiger partial charge in [-0.1, -0.05) is 71.9 Å². The van der Waals surface area contributed by atoms with E-state index in [1.165, 1.54) is 32.0 Å². The number of hydrogen-bond donors (Lipinski definition) is 0. The summed E-state index contributed by atoms with van der Waals surface area (Å²) in [6.45, 7) is 13.7. The summed E-state index contributed by atoms with van der Waals surface area (Å²) in [5, 5.41) is 4.85. The van der Waals surface area contributed by atoms with Gasteiger partial charge in [0.15, 0.2) is 0 Å². The molecule has 0 N–H and O–H groups in total. The smallest absolute Gasteiger partial charge is 0.132 e. The standard InChI is InChI=1S/C31H32N2OS/c1-17(2)13-24-18(3)21-11-12-25-26(29(21)34-24)27-28(32-16-33-30(27)35-25)20-14-19-9-7-8-10-22(19)23(15-20)31(4,5)6/h7-12,14-18,24H,13H2,1-6H3. The molecular formula is C31H32N2OS. The van der Waals surface area contributed by atoms with Crippen molar-refractivity contribution in [2.45, 2.75) is 65.4 Å². The summed E-state index contributed by atoms with van der Waals surface area (Å²) in [7, 11) is 0. The first-order chi connectivity index (χ1) is 16.7. The molecule has 6 rings (SSSR count). The maximum atomic E-state index is 6.70. The fraction of sp³-hybridized carbons (Fsp3) is 0.355. The van der Waals surface area contributed by atoms with Crippen LogP contribution in [0.15, 0.2) is 54.9 Å². The second-order valence-electron chi connectivity index (χ2n) is 11.4. The van der Waals surface area contributed by atoms with Gasteiger partial charge in [-0.3, -0.25) is 0 Å². The molecular weight excluding hydrogens is 448 g/mol. The predicted molar refractivity (Wildman–Crippen MR) is 149 cm³/mol. The second kappa shape index (κ2) is 8.03. The van der Waals surface area contributed by atoms with E-state index in [9.17, 15) is 0 Å². The molecule has 4 heteroatoms. The zero-order chi connectivity index (χ0) is 24.5. The van der Waals surface area contributed by atoms with Gasteiger partial charge in [0.1, 0.15) is 23.0 Å². The van der Waals surface area contributed by atoms with E-state index in [0.717, 1.165) is 33.6 Å². The van der Waals surface area contributed by atoms with Crippen molar-refractivity contribution in [2.24, 2.45) is 5.92 Å². The molecule has 35 heavy (non-hydrogen) atoms. The molecule has 2 aromatic heterocycles. The highest BCUT2D eigenvalue weighted by Gasteiger charge is 2.34. The Kier molecular flexibility index (Phi) is 5.16. The molecule has 3 nitrogen and oxygen atoms in total. The first kappa shape index (κ1) is 22.5. The third kappa shape index (κ3) is 3.61. The van der Waals surface area contributed by atoms with Gasteiger partial charge in [0.25, 0.3) is 0 Å². The molecule has 0 saturated carbocycles. The Balaban J connectivity index is 1.64. The highest BCUT2D eigenvalue weighted by molar-refractivity contribution is 7.25. The Hall–Kier alpha value is -2.98. The molecule has 1 aliphatic rings. The van der Waals surface area contributed by atoms with Gasteiger partial charge in [0.2, 0.25) is 0 Å². The number of rotatable bonds is 3. The van der Waals surface area contributed by atoms with Crippen LogP contribution in [0.25, 0.3) is 42.3 Å². The minimum absolute atomic E-state index is 0.0162. The van der Waals surface area contributed by atoms with Crippen molar-refractivity contribution in [1.82, 2.24) is 9.97 Å². The van der Waals surface area contributed by atoms with Crippen molar-refractivity contribution in [3.05, 3.63) is 66.0 Å². The molecule has 3 aromatic carbocycles. The van der Waals surface area contributed by atoms with Gasteiger partial charge in [0, 0.05) is 32.5 Å². The minimum Gasteiger partial charge on any atom is -0.489 e. The van der Waals surface area contributed by atoms with Crippen LogP contribution in [0.5, 0.6) is 5.75 Å². The number of nitrogens with zero attached hydrogens (tertiary/aromatic N) is 2. The van der Waals surface area contributed by atoms with Crippen molar-refractivity contribution in [1.29, 1.82) is 0 Å². The van der Waals surface area contributed by atoms with E-state index in [1.54, 1.807) is 17.7 Å². The molecule has 0 amide bonds. The molecule has 5 aromatic rings. The van der Waals surface area contributed by atoms with Crippen LogP contribution in [0, 0.1) is 5.92 Å². The van der Waals surface area contributed by atoms with Crippen molar-refractivity contribution in [3.8, 4) is 17.0 Å². The van der Waals surface area contributed by atoms with Gasteiger partial charge in [-0.2, -0.15) is 0 Å². The lowest BCUT2D eigenvalue weighted by atomic mass is 9.82. The molecule has 178 valence electrons. The Labute approximate surface area is 211 Å². The zero-order valence-corrected chi connectivity index (χ0v) is 22.2. The first-order valence-corrected chi connectivity index (χ1v) is 13.4. The normalized spacial score (nSPS) is 18.0. The molecule has 0 aliphatic carbocycles. The molecule has 2 unspecified atom stereocenters. The van der Waals surface area contributed by atoms with Gasteiger partial charge >= 0.3 is 0 Å². The maximum absolute atomic E-state index is 6.70. The molecule has 0 spiro atoms. The summed E-state index contributed by atoms with van der Waals surface area (Å²) in [5.41, 5.74) is 4.80. The van der Waals surface area contributed by atoms with Crippen LogP contribution in [0.4, 0.5) is 0 Å². The Morgan fingerprint density at radius 1 is 1.00 bits per heavy atom. The summed E-state index contributed by atoms with van der Waals surface area (Å²) in [4.78, 5) is 10.6. The Morgan fingerprint density at radius 2 is 1.80 bits per heavy atom. The van der Waals surface area contributed by atoms with Gasteiger partial charge in [-0.15, -0.1) is 11.3 Å². The third-order valence-electron chi connectivity index (χ3n) is 7.38. The van der Waals surface area contributed by atoms with Crippen LogP contribution < -0.4 is 4.74 Å². The minimum atomic E-state index is 0.0162. The molecule has 3 heterocycles. The van der Waals surface area contributed by atoms with Crippen LogP contribution in [0.2, 0.25) is 0 Å². The SMILES string of the molecule is CC(C)CC1Oc2c(ccc3sc4ncnc(-c5cc(C(C)(C)C)c6ccccc6c5)c4c23)C1C. The van der Waals surface area contributed by atoms with E-state index in [2.05, 4.69) is 90.1 Å². The summed E-state index contributed by atoms with van der Waals surface area (Å²) >= 11 is 1.74. The van der Waals surface area contributed by atoms with Crippen molar-refractivity contribution in [2.75, 3.05) is 0 Å². The lowest BCUT2D eigenvalue weighted by Gasteiger charge is -2.23. The molecule has 0 radical (unpaired) electrons. The van der Waals surface area contributed by atoms with Crippen LogP contribution >= 0.6 is 11.3 Å². The van der Waals surface area contributed by atoms with Crippen LogP contribution in [-0.2, 0) is 5.41 Å². The second-order valence-corrected chi connectivity index (χ2v) is 12.5. The Bertz CT molecular complexity index is 1590. The predicted octanol–water partition coefficient (Wildman–Crippen LogP) is 8.87. The largest absolute Gasteiger partial charge is 0.489 e. The molecule has 0 bridgehead atoms. The number of ether oxygens (including phenoxy) is 1. The van der Waals surface area contributed by atoms with E-state index >= 15 is 0 Å². The van der Waals surface area contributed by atoms with Crippen LogP contribution in [0.1, 0.15) is 65.0 Å². The third-order valence-corrected chi connectivity index (χ3v) is 8.45. The number of benzene rings is 3. The van der Waals surface area contributed by atoms with E-state index in [-0.39, 0.29) is 11.5 Å². The fourth-order valence-corrected chi connectivity index (χ4v) is 6.66. The zero-order valence-electron chi connectivity index (χ0n) is 21.3. The van der Waals surface area contributed by atoms with Gasteiger partial charge < -0.3 is 4.74 Å². The van der Waals surface area contributed by atoms with E-state index in [0.29, 0.717) is 11.8 Å². The average Bonchev–Trinajstić information content (AvgIpc) is 3.34. The fourth-order valence-electron chi connectivity index (χ4n) is 5.62. The summed E-state index contributed by atoms with van der Waals surface area (Å²) in [6, 6.07) is 17.8. The number of hydrogen-bond acceptors (Lipinski definition) is 4. The average molecular weight is 481 g/mol. The topological polar surface area (TPSA) is 35.0 Å². The quantitative estimate of drug-likeness (QED) is 0.259. The van der Waals surface area contributed by atoms with Crippen LogP contribution in [-0.4, -0.2) is 16.1 Å². The maximum Gasteiger partial charge on any atom is 0.132 e. The van der Waals surface area contributed by atoms with Gasteiger partial charge in [-0.25, -0.2) is 9.97 Å². The highest BCUT2D eigenvalue weighted by atomic mass is 32.1. The summed E-state index contributed by atoms with van der Waals surface area (Å²) in [5.74, 6) is 2.02. The van der Waals surface area contributed by atoms with Gasteiger partial charge in [0.05, 0.1) is 5.69 Å². The number of fused-ring (bicyclic) bond motifs is 6. The molecule has 1 aliphatic heterocycles. The van der Waals surface area contributed by atoms with Crippen LogP contribution in [0.3, 0.4) is 0 Å². The lowest BCUT2D eigenvalue weighted by Crippen LogP contribution is -2.18. The number of thiophene rings is 1.